The van der Waals surface area contributed by atoms with Gasteiger partial charge in [0.25, 0.3) is 5.91 Å². The summed E-state index contributed by atoms with van der Waals surface area (Å²) in [6.45, 7) is 9.82. The highest BCUT2D eigenvalue weighted by Gasteiger charge is 2.19. The maximum atomic E-state index is 12.5. The van der Waals surface area contributed by atoms with E-state index in [2.05, 4.69) is 29.4 Å². The summed E-state index contributed by atoms with van der Waals surface area (Å²) < 4.78 is 5.33. The molecular weight excluding hydrogens is 318 g/mol. The summed E-state index contributed by atoms with van der Waals surface area (Å²) >= 11 is 0. The Hall–Kier alpha value is -2.37. The van der Waals surface area contributed by atoms with Gasteiger partial charge < -0.3 is 9.73 Å². The third kappa shape index (κ3) is 5.31. The molecule has 1 atom stereocenters. The Morgan fingerprint density at radius 2 is 2.00 bits per heavy atom. The second-order valence-corrected chi connectivity index (χ2v) is 7.11. The zero-order valence-electron chi connectivity index (χ0n) is 15.6. The zero-order chi connectivity index (χ0) is 18.6. The van der Waals surface area contributed by atoms with Gasteiger partial charge in [0.15, 0.2) is 0 Å². The minimum Gasteiger partial charge on any atom is -0.427 e. The first-order chi connectivity index (χ1) is 11.8. The van der Waals surface area contributed by atoms with E-state index in [1.165, 1.54) is 0 Å². The van der Waals surface area contributed by atoms with Gasteiger partial charge in [-0.15, -0.1) is 0 Å². The van der Waals surface area contributed by atoms with E-state index < -0.39 is 11.5 Å². The smallest absolute Gasteiger partial charge is 0.349 e. The van der Waals surface area contributed by atoms with E-state index in [1.807, 2.05) is 19.9 Å². The second-order valence-electron chi connectivity index (χ2n) is 7.11. The maximum Gasteiger partial charge on any atom is 0.349 e. The van der Waals surface area contributed by atoms with E-state index in [9.17, 15) is 9.59 Å². The summed E-state index contributed by atoms with van der Waals surface area (Å²) in [5.74, 6) is 0.759. The first-order valence-corrected chi connectivity index (χ1v) is 8.71. The Labute approximate surface area is 148 Å². The topological polar surface area (TPSA) is 88.0 Å². The number of aromatic nitrogens is 2. The first kappa shape index (κ1) is 19.0. The Kier molecular flexibility index (Phi) is 6.17. The van der Waals surface area contributed by atoms with Crippen molar-refractivity contribution in [1.29, 1.82) is 0 Å². The number of aromatic amines is 1. The number of rotatable bonds is 7. The van der Waals surface area contributed by atoms with Gasteiger partial charge >= 0.3 is 5.63 Å². The molecule has 0 saturated carbocycles. The van der Waals surface area contributed by atoms with Crippen LogP contribution in [0.25, 0.3) is 0 Å². The molecule has 2 aromatic rings. The van der Waals surface area contributed by atoms with Crippen LogP contribution in [0.3, 0.4) is 0 Å². The molecule has 0 bridgehead atoms. The molecule has 2 heterocycles. The van der Waals surface area contributed by atoms with Crippen LogP contribution in [0.5, 0.6) is 0 Å². The van der Waals surface area contributed by atoms with Crippen molar-refractivity contribution in [2.45, 2.75) is 59.9 Å². The lowest BCUT2D eigenvalue weighted by Crippen LogP contribution is -2.37. The van der Waals surface area contributed by atoms with Gasteiger partial charge in [-0.25, -0.2) is 4.79 Å². The molecule has 2 aromatic heterocycles. The summed E-state index contributed by atoms with van der Waals surface area (Å²) in [6.07, 6.45) is 2.23. The van der Waals surface area contributed by atoms with Crippen LogP contribution in [0, 0.1) is 19.8 Å². The minimum atomic E-state index is -0.570. The molecule has 2 N–H and O–H groups in total. The van der Waals surface area contributed by atoms with Crippen LogP contribution in [0.4, 0.5) is 0 Å². The molecule has 0 saturated heterocycles. The molecule has 1 amide bonds. The number of carbonyl (C=O) groups excluding carboxylic acids is 1. The van der Waals surface area contributed by atoms with Gasteiger partial charge in [-0.1, -0.05) is 13.8 Å². The molecule has 6 heteroatoms. The molecule has 0 radical (unpaired) electrons. The van der Waals surface area contributed by atoms with E-state index in [0.29, 0.717) is 30.1 Å². The van der Waals surface area contributed by atoms with Crippen molar-refractivity contribution in [2.75, 3.05) is 0 Å². The van der Waals surface area contributed by atoms with Crippen molar-refractivity contribution in [3.8, 4) is 0 Å². The van der Waals surface area contributed by atoms with Crippen LogP contribution in [0.1, 0.15) is 60.3 Å². The van der Waals surface area contributed by atoms with Crippen molar-refractivity contribution in [2.24, 2.45) is 5.92 Å². The molecule has 0 aliphatic carbocycles. The van der Waals surface area contributed by atoms with Crippen molar-refractivity contribution < 1.29 is 9.21 Å². The van der Waals surface area contributed by atoms with Crippen LogP contribution < -0.4 is 10.9 Å². The molecule has 136 valence electrons. The largest absolute Gasteiger partial charge is 0.427 e. The summed E-state index contributed by atoms with van der Waals surface area (Å²) in [5.41, 5.74) is 2.01. The third-order valence-electron chi connectivity index (χ3n) is 4.05. The Bertz CT molecular complexity index is 789. The lowest BCUT2D eigenvalue weighted by molar-refractivity contribution is 0.0935. The highest BCUT2D eigenvalue weighted by molar-refractivity contribution is 5.95. The van der Waals surface area contributed by atoms with E-state index in [-0.39, 0.29) is 11.6 Å². The van der Waals surface area contributed by atoms with Crippen LogP contribution >= 0.6 is 0 Å². The quantitative estimate of drug-likeness (QED) is 0.807. The zero-order valence-corrected chi connectivity index (χ0v) is 15.6. The van der Waals surface area contributed by atoms with Crippen molar-refractivity contribution in [3.63, 3.8) is 0 Å². The third-order valence-corrected chi connectivity index (χ3v) is 4.05. The van der Waals surface area contributed by atoms with Gasteiger partial charge in [0.1, 0.15) is 11.3 Å². The highest BCUT2D eigenvalue weighted by atomic mass is 16.4. The number of hydrogen-bond donors (Lipinski definition) is 2. The standard InChI is InChI=1S/C19H27N3O3/c1-11(2)6-7-16-8-12(3)17(19(24)25-16)18(23)20-13(4)9-15-10-14(5)21-22-15/h8,10-11,13H,6-7,9H2,1-5H3,(H,20,23)(H,21,22). The van der Waals surface area contributed by atoms with Gasteiger partial charge in [-0.2, -0.15) is 5.10 Å². The molecule has 1 unspecified atom stereocenters. The molecule has 2 rings (SSSR count). The van der Waals surface area contributed by atoms with Gasteiger partial charge in [-0.3, -0.25) is 9.89 Å². The fourth-order valence-corrected chi connectivity index (χ4v) is 2.74. The Morgan fingerprint density at radius 3 is 2.56 bits per heavy atom. The lowest BCUT2D eigenvalue weighted by atomic mass is 10.0. The lowest BCUT2D eigenvalue weighted by Gasteiger charge is -2.13. The van der Waals surface area contributed by atoms with E-state index in [4.69, 9.17) is 4.42 Å². The van der Waals surface area contributed by atoms with Gasteiger partial charge in [0.2, 0.25) is 0 Å². The van der Waals surface area contributed by atoms with E-state index in [1.54, 1.807) is 13.0 Å². The molecule has 0 aliphatic heterocycles. The number of nitrogens with zero attached hydrogens (tertiary/aromatic N) is 1. The van der Waals surface area contributed by atoms with Gasteiger partial charge in [-0.05, 0) is 50.8 Å². The van der Waals surface area contributed by atoms with E-state index >= 15 is 0 Å². The molecule has 0 aromatic carbocycles. The summed E-state index contributed by atoms with van der Waals surface area (Å²) in [4.78, 5) is 24.7. The second kappa shape index (κ2) is 8.14. The van der Waals surface area contributed by atoms with Gasteiger partial charge in [0.05, 0.1) is 5.69 Å². The normalized spacial score (nSPS) is 12.4. The van der Waals surface area contributed by atoms with Crippen LogP contribution in [0.15, 0.2) is 21.3 Å². The molecular formula is C19H27N3O3. The fraction of sp³-hybridized carbons (Fsp3) is 0.526. The average Bonchev–Trinajstić information content (AvgIpc) is 2.89. The Balaban J connectivity index is 2.06. The summed E-state index contributed by atoms with van der Waals surface area (Å²) in [6, 6.07) is 3.58. The number of amides is 1. The van der Waals surface area contributed by atoms with E-state index in [0.717, 1.165) is 17.8 Å². The summed E-state index contributed by atoms with van der Waals surface area (Å²) in [7, 11) is 0. The molecule has 6 nitrogen and oxygen atoms in total. The SMILES string of the molecule is Cc1cc(CC(C)NC(=O)c2c(C)cc(CCC(C)C)oc2=O)n[nH]1. The number of nitrogens with one attached hydrogen (secondary N) is 2. The average molecular weight is 345 g/mol. The van der Waals surface area contributed by atoms with Crippen molar-refractivity contribution in [3.05, 3.63) is 50.8 Å². The number of carbonyl (C=O) groups is 1. The monoisotopic (exact) mass is 345 g/mol. The first-order valence-electron chi connectivity index (χ1n) is 8.71. The summed E-state index contributed by atoms with van der Waals surface area (Å²) in [5, 5.41) is 9.89. The van der Waals surface area contributed by atoms with Crippen LogP contribution in [-0.2, 0) is 12.8 Å². The Morgan fingerprint density at radius 1 is 1.28 bits per heavy atom. The van der Waals surface area contributed by atoms with Crippen molar-refractivity contribution >= 4 is 5.91 Å². The molecule has 0 aliphatic rings. The highest BCUT2D eigenvalue weighted by Crippen LogP contribution is 2.12. The van der Waals surface area contributed by atoms with Crippen molar-refractivity contribution in [1.82, 2.24) is 15.5 Å². The fourth-order valence-electron chi connectivity index (χ4n) is 2.74. The predicted octanol–water partition coefficient (Wildman–Crippen LogP) is 2.93. The molecule has 25 heavy (non-hydrogen) atoms. The van der Waals surface area contributed by atoms with Crippen LogP contribution in [0.2, 0.25) is 0 Å². The number of aryl methyl sites for hydroxylation is 3. The van der Waals surface area contributed by atoms with Crippen LogP contribution in [-0.4, -0.2) is 22.1 Å². The predicted molar refractivity (Wildman–Crippen MR) is 96.8 cm³/mol. The number of H-pyrrole nitrogens is 1. The minimum absolute atomic E-state index is 0.0818. The maximum absolute atomic E-state index is 12.5. The van der Waals surface area contributed by atoms with Gasteiger partial charge in [0, 0.05) is 24.6 Å². The molecule has 0 fully saturated rings. The number of hydrogen-bond acceptors (Lipinski definition) is 4. The molecule has 0 spiro atoms.